The molecule has 0 bridgehead atoms. The number of ether oxygens (including phenoxy) is 2. The quantitative estimate of drug-likeness (QED) is 0.882. The molecule has 1 heterocycles. The molecule has 1 aliphatic rings. The van der Waals surface area contributed by atoms with E-state index in [1.54, 1.807) is 19.2 Å². The lowest BCUT2D eigenvalue weighted by Gasteiger charge is -2.30. The summed E-state index contributed by atoms with van der Waals surface area (Å²) < 4.78 is 10.8. The van der Waals surface area contributed by atoms with E-state index < -0.39 is 6.10 Å². The number of hydrogen-bond acceptors (Lipinski definition) is 4. The van der Waals surface area contributed by atoms with E-state index in [2.05, 4.69) is 0 Å². The van der Waals surface area contributed by atoms with Crippen LogP contribution in [0.3, 0.4) is 0 Å². The molecule has 0 aromatic heterocycles. The fraction of sp³-hybridized carbons (Fsp3) is 0.250. The molecule has 20 heavy (non-hydrogen) atoms. The monoisotopic (exact) mass is 272 g/mol. The number of aliphatic hydroxyl groups is 1. The minimum atomic E-state index is -0.646. The average Bonchev–Trinajstić information content (AvgIpc) is 2.48. The Kier molecular flexibility index (Phi) is 3.24. The number of methoxy groups -OCH3 is 1. The van der Waals surface area contributed by atoms with Gasteiger partial charge >= 0.3 is 0 Å². The van der Waals surface area contributed by atoms with Crippen LogP contribution in [0, 0.1) is 0 Å². The normalized spacial score (nSPS) is 20.9. The number of benzene rings is 2. The van der Waals surface area contributed by atoms with Gasteiger partial charge in [0, 0.05) is 17.5 Å². The molecule has 0 saturated heterocycles. The van der Waals surface area contributed by atoms with Crippen LogP contribution in [0.15, 0.2) is 42.5 Å². The first-order valence-corrected chi connectivity index (χ1v) is 6.47. The predicted octanol–water partition coefficient (Wildman–Crippen LogP) is 2.61. The van der Waals surface area contributed by atoms with Crippen molar-refractivity contribution >= 4 is 0 Å². The van der Waals surface area contributed by atoms with Gasteiger partial charge in [-0.15, -0.1) is 0 Å². The molecule has 0 amide bonds. The number of hydrogen-bond donors (Lipinski definition) is 2. The number of rotatable bonds is 2. The maximum Gasteiger partial charge on any atom is 0.128 e. The van der Waals surface area contributed by atoms with Crippen LogP contribution in [0.4, 0.5) is 0 Å². The molecule has 0 radical (unpaired) electrons. The second-order valence-electron chi connectivity index (χ2n) is 4.86. The zero-order valence-electron chi connectivity index (χ0n) is 11.1. The van der Waals surface area contributed by atoms with Gasteiger partial charge in [-0.3, -0.25) is 0 Å². The first-order chi connectivity index (χ1) is 9.69. The molecule has 3 rings (SSSR count). The summed E-state index contributed by atoms with van der Waals surface area (Å²) >= 11 is 0. The van der Waals surface area contributed by atoms with E-state index >= 15 is 0 Å². The second-order valence-corrected chi connectivity index (χ2v) is 4.86. The summed E-state index contributed by atoms with van der Waals surface area (Å²) in [5, 5.41) is 19.9. The maximum atomic E-state index is 10.5. The van der Waals surface area contributed by atoms with Crippen LogP contribution in [0.2, 0.25) is 0 Å². The van der Waals surface area contributed by atoms with Crippen molar-refractivity contribution in [1.82, 2.24) is 0 Å². The zero-order chi connectivity index (χ0) is 14.1. The van der Waals surface area contributed by atoms with Crippen LogP contribution in [-0.4, -0.2) is 23.9 Å². The topological polar surface area (TPSA) is 58.9 Å². The highest BCUT2D eigenvalue weighted by Gasteiger charge is 2.30. The Hall–Kier alpha value is -2.20. The Labute approximate surface area is 117 Å². The van der Waals surface area contributed by atoms with Gasteiger partial charge in [0.1, 0.15) is 17.2 Å². The van der Waals surface area contributed by atoms with E-state index in [0.29, 0.717) is 17.9 Å². The van der Waals surface area contributed by atoms with Gasteiger partial charge in [-0.2, -0.15) is 0 Å². The van der Waals surface area contributed by atoms with Gasteiger partial charge < -0.3 is 19.7 Å². The van der Waals surface area contributed by atoms with E-state index in [0.717, 1.165) is 11.3 Å². The average molecular weight is 272 g/mol. The Morgan fingerprint density at radius 1 is 1.15 bits per heavy atom. The van der Waals surface area contributed by atoms with Crippen LogP contribution in [0.25, 0.3) is 0 Å². The van der Waals surface area contributed by atoms with Gasteiger partial charge in [0.2, 0.25) is 0 Å². The van der Waals surface area contributed by atoms with Gasteiger partial charge in [-0.05, 0) is 29.8 Å². The van der Waals surface area contributed by atoms with E-state index in [-0.39, 0.29) is 11.7 Å². The highest BCUT2D eigenvalue weighted by Crippen LogP contribution is 2.41. The van der Waals surface area contributed by atoms with Gasteiger partial charge in [0.25, 0.3) is 0 Å². The molecule has 2 atom stereocenters. The van der Waals surface area contributed by atoms with Crippen LogP contribution in [0.1, 0.15) is 23.1 Å². The summed E-state index contributed by atoms with van der Waals surface area (Å²) in [5.74, 6) is 1.34. The van der Waals surface area contributed by atoms with Gasteiger partial charge in [0.05, 0.1) is 19.8 Å². The van der Waals surface area contributed by atoms with Crippen LogP contribution in [0.5, 0.6) is 17.2 Å². The molecule has 2 N–H and O–H groups in total. The SMILES string of the molecule is COc1ccc([C@@H]2COc3cc(O)ccc3[C@H]2O)cc1. The predicted molar refractivity (Wildman–Crippen MR) is 74.3 cm³/mol. The molecule has 0 fully saturated rings. The number of aromatic hydroxyl groups is 1. The van der Waals surface area contributed by atoms with Crippen molar-refractivity contribution in [3.63, 3.8) is 0 Å². The standard InChI is InChI=1S/C16H16O4/c1-19-12-5-2-10(3-6-12)14-9-20-15-8-11(17)4-7-13(15)16(14)18/h2-8,14,16-18H,9H2,1H3/t14-,16+/m0/s1. The molecule has 1 aliphatic heterocycles. The van der Waals surface area contributed by atoms with Crippen LogP contribution >= 0.6 is 0 Å². The lowest BCUT2D eigenvalue weighted by atomic mass is 9.87. The summed E-state index contributed by atoms with van der Waals surface area (Å²) in [6.45, 7) is 0.379. The van der Waals surface area contributed by atoms with Crippen molar-refractivity contribution in [1.29, 1.82) is 0 Å². The molecule has 2 aromatic carbocycles. The molecule has 0 spiro atoms. The Morgan fingerprint density at radius 2 is 1.90 bits per heavy atom. The van der Waals surface area contributed by atoms with E-state index in [1.165, 1.54) is 6.07 Å². The van der Waals surface area contributed by atoms with Crippen molar-refractivity contribution in [2.75, 3.05) is 13.7 Å². The largest absolute Gasteiger partial charge is 0.508 e. The molecule has 4 nitrogen and oxygen atoms in total. The highest BCUT2D eigenvalue weighted by molar-refractivity contribution is 5.45. The first kappa shape index (κ1) is 12.8. The van der Waals surface area contributed by atoms with Crippen molar-refractivity contribution < 1.29 is 19.7 Å². The summed E-state index contributed by atoms with van der Waals surface area (Å²) in [4.78, 5) is 0. The van der Waals surface area contributed by atoms with E-state index in [1.807, 2.05) is 24.3 Å². The lowest BCUT2D eigenvalue weighted by Crippen LogP contribution is -2.24. The van der Waals surface area contributed by atoms with Gasteiger partial charge in [0.15, 0.2) is 0 Å². The number of phenolic OH excluding ortho intramolecular Hbond substituents is 1. The smallest absolute Gasteiger partial charge is 0.128 e. The first-order valence-electron chi connectivity index (χ1n) is 6.47. The third-order valence-electron chi connectivity index (χ3n) is 3.66. The van der Waals surface area contributed by atoms with Crippen LogP contribution < -0.4 is 9.47 Å². The highest BCUT2D eigenvalue weighted by atomic mass is 16.5. The molecular formula is C16H16O4. The molecule has 104 valence electrons. The Bertz CT molecular complexity index is 606. The molecule has 0 aliphatic carbocycles. The Morgan fingerprint density at radius 3 is 2.60 bits per heavy atom. The minimum absolute atomic E-state index is 0.127. The van der Waals surface area contributed by atoms with Gasteiger partial charge in [-0.25, -0.2) is 0 Å². The molecule has 0 saturated carbocycles. The molecule has 4 heteroatoms. The fourth-order valence-electron chi connectivity index (χ4n) is 2.51. The summed E-state index contributed by atoms with van der Waals surface area (Å²) in [6.07, 6.45) is -0.646. The van der Waals surface area contributed by atoms with E-state index in [9.17, 15) is 10.2 Å². The molecular weight excluding hydrogens is 256 g/mol. The summed E-state index contributed by atoms with van der Waals surface area (Å²) in [7, 11) is 1.62. The molecule has 2 aromatic rings. The molecule has 0 unspecified atom stereocenters. The third-order valence-corrected chi connectivity index (χ3v) is 3.66. The second kappa shape index (κ2) is 5.06. The van der Waals surface area contributed by atoms with Crippen molar-refractivity contribution in [3.05, 3.63) is 53.6 Å². The Balaban J connectivity index is 1.90. The zero-order valence-corrected chi connectivity index (χ0v) is 11.1. The number of phenols is 1. The lowest BCUT2D eigenvalue weighted by molar-refractivity contribution is 0.0887. The van der Waals surface area contributed by atoms with E-state index in [4.69, 9.17) is 9.47 Å². The summed E-state index contributed by atoms with van der Waals surface area (Å²) in [5.41, 5.74) is 1.70. The summed E-state index contributed by atoms with van der Waals surface area (Å²) in [6, 6.07) is 12.4. The van der Waals surface area contributed by atoms with Gasteiger partial charge in [-0.1, -0.05) is 12.1 Å². The van der Waals surface area contributed by atoms with Crippen molar-refractivity contribution in [3.8, 4) is 17.2 Å². The van der Waals surface area contributed by atoms with Crippen molar-refractivity contribution in [2.24, 2.45) is 0 Å². The van der Waals surface area contributed by atoms with Crippen LogP contribution in [-0.2, 0) is 0 Å². The van der Waals surface area contributed by atoms with Crippen molar-refractivity contribution in [2.45, 2.75) is 12.0 Å². The number of aliphatic hydroxyl groups excluding tert-OH is 1. The third kappa shape index (κ3) is 2.18. The minimum Gasteiger partial charge on any atom is -0.508 e. The maximum absolute atomic E-state index is 10.5. The number of fused-ring (bicyclic) bond motifs is 1. The fourth-order valence-corrected chi connectivity index (χ4v) is 2.51.